The molecule has 86 valence electrons. The molecule has 4 heteroatoms. The molecule has 2 N–H and O–H groups in total. The van der Waals surface area contributed by atoms with Gasteiger partial charge in [-0.1, -0.05) is 20.8 Å². The van der Waals surface area contributed by atoms with Crippen molar-refractivity contribution in [2.24, 2.45) is 11.3 Å². The Hall–Kier alpha value is -1.06. The Balaban J connectivity index is 2.12. The van der Waals surface area contributed by atoms with Gasteiger partial charge in [-0.25, -0.2) is 0 Å². The zero-order chi connectivity index (χ0) is 11.5. The quantitative estimate of drug-likeness (QED) is 0.719. The van der Waals surface area contributed by atoms with Crippen LogP contribution >= 0.6 is 0 Å². The van der Waals surface area contributed by atoms with Gasteiger partial charge in [0.15, 0.2) is 0 Å². The molecule has 0 unspecified atom stereocenters. The minimum atomic E-state index is -0.434. The first-order valence-electron chi connectivity index (χ1n) is 5.44. The van der Waals surface area contributed by atoms with E-state index in [2.05, 4.69) is 10.6 Å². The molecule has 0 aromatic carbocycles. The third kappa shape index (κ3) is 4.81. The van der Waals surface area contributed by atoms with Crippen molar-refractivity contribution in [1.82, 2.24) is 10.6 Å². The van der Waals surface area contributed by atoms with E-state index in [1.165, 1.54) is 12.8 Å². The molecule has 0 atom stereocenters. The van der Waals surface area contributed by atoms with Gasteiger partial charge in [-0.3, -0.25) is 9.59 Å². The van der Waals surface area contributed by atoms with Crippen LogP contribution in [0.2, 0.25) is 0 Å². The average Bonchev–Trinajstić information content (AvgIpc) is 2.92. The van der Waals surface area contributed by atoms with Crippen molar-refractivity contribution in [1.29, 1.82) is 0 Å². The SMILES string of the molecule is CC(C)(C)C(=O)NCC(=O)NCC1CC1. The van der Waals surface area contributed by atoms with Gasteiger partial charge in [-0.15, -0.1) is 0 Å². The smallest absolute Gasteiger partial charge is 0.239 e. The number of carbonyl (C=O) groups excluding carboxylic acids is 2. The van der Waals surface area contributed by atoms with Crippen molar-refractivity contribution in [2.45, 2.75) is 33.6 Å². The van der Waals surface area contributed by atoms with E-state index >= 15 is 0 Å². The van der Waals surface area contributed by atoms with Crippen molar-refractivity contribution in [3.8, 4) is 0 Å². The highest BCUT2D eigenvalue weighted by Gasteiger charge is 2.23. The highest BCUT2D eigenvalue weighted by atomic mass is 16.2. The second kappa shape index (κ2) is 4.64. The van der Waals surface area contributed by atoms with E-state index in [9.17, 15) is 9.59 Å². The summed E-state index contributed by atoms with van der Waals surface area (Å²) in [5.74, 6) is 0.482. The molecule has 0 heterocycles. The topological polar surface area (TPSA) is 58.2 Å². The van der Waals surface area contributed by atoms with Crippen molar-refractivity contribution in [3.05, 3.63) is 0 Å². The average molecular weight is 212 g/mol. The Morgan fingerprint density at radius 3 is 2.27 bits per heavy atom. The van der Waals surface area contributed by atoms with E-state index in [1.807, 2.05) is 20.8 Å². The summed E-state index contributed by atoms with van der Waals surface area (Å²) in [4.78, 5) is 22.7. The Bertz CT molecular complexity index is 252. The van der Waals surface area contributed by atoms with E-state index in [0.29, 0.717) is 5.92 Å². The molecule has 0 spiro atoms. The second-order valence-corrected chi connectivity index (χ2v) is 5.18. The van der Waals surface area contributed by atoms with Crippen molar-refractivity contribution >= 4 is 11.8 Å². The fourth-order valence-electron chi connectivity index (χ4n) is 1.07. The van der Waals surface area contributed by atoms with Crippen LogP contribution in [0.3, 0.4) is 0 Å². The Morgan fingerprint density at radius 1 is 1.20 bits per heavy atom. The van der Waals surface area contributed by atoms with Crippen molar-refractivity contribution in [3.63, 3.8) is 0 Å². The van der Waals surface area contributed by atoms with E-state index in [1.54, 1.807) is 0 Å². The molecule has 2 amide bonds. The van der Waals surface area contributed by atoms with Gasteiger partial charge in [-0.05, 0) is 18.8 Å². The molecule has 1 aliphatic rings. The second-order valence-electron chi connectivity index (χ2n) is 5.18. The molecule has 0 aliphatic heterocycles. The summed E-state index contributed by atoms with van der Waals surface area (Å²) >= 11 is 0. The maximum atomic E-state index is 11.4. The predicted octanol–water partition coefficient (Wildman–Crippen LogP) is 0.675. The van der Waals surface area contributed by atoms with Gasteiger partial charge in [0, 0.05) is 12.0 Å². The molecule has 1 aliphatic carbocycles. The van der Waals surface area contributed by atoms with E-state index in [4.69, 9.17) is 0 Å². The monoisotopic (exact) mass is 212 g/mol. The maximum Gasteiger partial charge on any atom is 0.239 e. The standard InChI is InChI=1S/C11H20N2O2/c1-11(2,3)10(15)13-7-9(14)12-6-8-4-5-8/h8H,4-7H2,1-3H3,(H,12,14)(H,13,15). The third-order valence-corrected chi connectivity index (χ3v) is 2.38. The number of hydrogen-bond donors (Lipinski definition) is 2. The van der Waals surface area contributed by atoms with Crippen LogP contribution in [0, 0.1) is 11.3 Å². The Kier molecular flexibility index (Phi) is 3.72. The normalized spacial score (nSPS) is 15.9. The number of hydrogen-bond acceptors (Lipinski definition) is 2. The van der Waals surface area contributed by atoms with Crippen LogP contribution in [0.5, 0.6) is 0 Å². The van der Waals surface area contributed by atoms with Crippen LogP contribution in [-0.4, -0.2) is 24.9 Å². The van der Waals surface area contributed by atoms with Gasteiger partial charge in [-0.2, -0.15) is 0 Å². The highest BCUT2D eigenvalue weighted by molar-refractivity contribution is 5.87. The zero-order valence-electron chi connectivity index (χ0n) is 9.72. The zero-order valence-corrected chi connectivity index (χ0v) is 9.72. The first-order valence-corrected chi connectivity index (χ1v) is 5.44. The summed E-state index contributed by atoms with van der Waals surface area (Å²) in [5, 5.41) is 5.41. The summed E-state index contributed by atoms with van der Waals surface area (Å²) in [7, 11) is 0. The number of nitrogens with one attached hydrogen (secondary N) is 2. The van der Waals surface area contributed by atoms with Gasteiger partial charge in [0.2, 0.25) is 11.8 Å². The molecule has 0 saturated heterocycles. The maximum absolute atomic E-state index is 11.4. The summed E-state index contributed by atoms with van der Waals surface area (Å²) in [5.41, 5.74) is -0.434. The van der Waals surface area contributed by atoms with Crippen LogP contribution in [0.25, 0.3) is 0 Å². The molecule has 1 rings (SSSR count). The first kappa shape index (κ1) is 12.0. The van der Waals surface area contributed by atoms with Gasteiger partial charge in [0.05, 0.1) is 6.54 Å². The number of carbonyl (C=O) groups is 2. The van der Waals surface area contributed by atoms with Crippen LogP contribution in [0.1, 0.15) is 33.6 Å². The Labute approximate surface area is 90.8 Å². The summed E-state index contributed by atoms with van der Waals surface area (Å²) in [6.07, 6.45) is 2.43. The van der Waals surface area contributed by atoms with Crippen LogP contribution in [0.4, 0.5) is 0 Å². The molecule has 1 fully saturated rings. The fraction of sp³-hybridized carbons (Fsp3) is 0.818. The predicted molar refractivity (Wildman–Crippen MR) is 58.2 cm³/mol. The van der Waals surface area contributed by atoms with Crippen LogP contribution < -0.4 is 10.6 Å². The van der Waals surface area contributed by atoms with Crippen LogP contribution in [-0.2, 0) is 9.59 Å². The van der Waals surface area contributed by atoms with Crippen molar-refractivity contribution in [2.75, 3.05) is 13.1 Å². The number of amides is 2. The minimum Gasteiger partial charge on any atom is -0.354 e. The summed E-state index contributed by atoms with van der Waals surface area (Å²) in [6, 6.07) is 0. The van der Waals surface area contributed by atoms with Gasteiger partial charge >= 0.3 is 0 Å². The molecule has 4 nitrogen and oxygen atoms in total. The largest absolute Gasteiger partial charge is 0.354 e. The highest BCUT2D eigenvalue weighted by Crippen LogP contribution is 2.27. The lowest BCUT2D eigenvalue weighted by Gasteiger charge is -2.17. The lowest BCUT2D eigenvalue weighted by molar-refractivity contribution is -0.131. The molecular weight excluding hydrogens is 192 g/mol. The minimum absolute atomic E-state index is 0.0861. The summed E-state index contributed by atoms with van der Waals surface area (Å²) < 4.78 is 0. The Morgan fingerprint density at radius 2 is 1.80 bits per heavy atom. The van der Waals surface area contributed by atoms with Gasteiger partial charge in [0.1, 0.15) is 0 Å². The molecule has 15 heavy (non-hydrogen) atoms. The molecular formula is C11H20N2O2. The molecule has 0 aromatic heterocycles. The number of rotatable bonds is 4. The fourth-order valence-corrected chi connectivity index (χ4v) is 1.07. The molecule has 0 aromatic rings. The van der Waals surface area contributed by atoms with E-state index < -0.39 is 5.41 Å². The van der Waals surface area contributed by atoms with Gasteiger partial charge in [0.25, 0.3) is 0 Å². The van der Waals surface area contributed by atoms with Gasteiger partial charge < -0.3 is 10.6 Å². The van der Waals surface area contributed by atoms with E-state index in [0.717, 1.165) is 6.54 Å². The lowest BCUT2D eigenvalue weighted by Crippen LogP contribution is -2.42. The molecule has 1 saturated carbocycles. The van der Waals surface area contributed by atoms with E-state index in [-0.39, 0.29) is 18.4 Å². The molecule has 0 radical (unpaired) electrons. The summed E-state index contributed by atoms with van der Waals surface area (Å²) in [6.45, 7) is 6.31. The molecule has 0 bridgehead atoms. The van der Waals surface area contributed by atoms with Crippen LogP contribution in [0.15, 0.2) is 0 Å². The van der Waals surface area contributed by atoms with Crippen molar-refractivity contribution < 1.29 is 9.59 Å². The lowest BCUT2D eigenvalue weighted by atomic mass is 9.96. The first-order chi connectivity index (χ1) is 6.89. The third-order valence-electron chi connectivity index (χ3n) is 2.38.